The minimum Gasteiger partial charge on any atom is -0.289 e. The molecule has 26 heavy (non-hydrogen) atoms. The summed E-state index contributed by atoms with van der Waals surface area (Å²) in [5.74, 6) is 0. The van der Waals surface area contributed by atoms with Crippen molar-refractivity contribution >= 4 is 22.3 Å². The van der Waals surface area contributed by atoms with Crippen molar-refractivity contribution in [2.24, 2.45) is 9.98 Å². The molecule has 0 atom stereocenters. The molecule has 0 bridgehead atoms. The molecule has 0 spiro atoms. The topological polar surface area (TPSA) is 37.6 Å². The van der Waals surface area contributed by atoms with Gasteiger partial charge in [-0.3, -0.25) is 9.98 Å². The Balaban J connectivity index is 2.26. The Hall–Kier alpha value is -2.03. The largest absolute Gasteiger partial charge is 0.289 e. The highest BCUT2D eigenvalue weighted by Crippen LogP contribution is 2.19. The van der Waals surface area contributed by atoms with Crippen LogP contribution >= 0.6 is 0 Å². The van der Waals surface area contributed by atoms with Crippen LogP contribution in [0.4, 0.5) is 0 Å². The molecule has 0 aliphatic heterocycles. The Morgan fingerprint density at radius 1 is 0.808 bits per heavy atom. The Bertz CT molecular complexity index is 759. The first-order valence-corrected chi connectivity index (χ1v) is 10.1. The summed E-state index contributed by atoms with van der Waals surface area (Å²) < 4.78 is 0. The summed E-state index contributed by atoms with van der Waals surface area (Å²) in [6.07, 6.45) is 7.23. The molecule has 0 unspecified atom stereocenters. The van der Waals surface area contributed by atoms with Gasteiger partial charge >= 0.3 is 0 Å². The minimum atomic E-state index is 0.888. The van der Waals surface area contributed by atoms with E-state index >= 15 is 0 Å². The molecule has 0 saturated carbocycles. The fourth-order valence-corrected chi connectivity index (χ4v) is 3.02. The molecule has 1 aromatic carbocycles. The van der Waals surface area contributed by atoms with E-state index in [2.05, 4.69) is 58.0 Å². The second-order valence-corrected chi connectivity index (χ2v) is 6.92. The van der Waals surface area contributed by atoms with E-state index in [-0.39, 0.29) is 0 Å². The maximum atomic E-state index is 4.93. The maximum Gasteiger partial charge on any atom is 0.0845 e. The van der Waals surface area contributed by atoms with E-state index < -0.39 is 0 Å². The Labute approximate surface area is 158 Å². The maximum absolute atomic E-state index is 4.93. The van der Waals surface area contributed by atoms with Crippen molar-refractivity contribution in [2.45, 2.75) is 66.2 Å². The highest BCUT2D eigenvalue weighted by atomic mass is 14.8. The van der Waals surface area contributed by atoms with Gasteiger partial charge < -0.3 is 0 Å². The molecule has 0 aliphatic rings. The van der Waals surface area contributed by atoms with Gasteiger partial charge in [-0.2, -0.15) is 0 Å². The average Bonchev–Trinajstić information content (AvgIpc) is 2.67. The highest BCUT2D eigenvalue weighted by Gasteiger charge is 2.08. The first kappa shape index (κ1) is 20.3. The third kappa shape index (κ3) is 5.76. The second kappa shape index (κ2) is 10.8. The van der Waals surface area contributed by atoms with E-state index in [0.29, 0.717) is 0 Å². The molecule has 0 radical (unpaired) electrons. The number of pyridine rings is 1. The standard InChI is InChI=1S/C23H33N3/c1-5-7-9-16-24-18(3)21-13-11-12-20-14-15-22(26-23(20)21)19(4)25-17-10-8-6-2/h11-15H,5-10,16-17H2,1-4H3. The zero-order chi connectivity index (χ0) is 18.8. The van der Waals surface area contributed by atoms with Crippen LogP contribution in [0.2, 0.25) is 0 Å². The molecule has 1 heterocycles. The predicted octanol–water partition coefficient (Wildman–Crippen LogP) is 6.23. The molecule has 0 fully saturated rings. The van der Waals surface area contributed by atoms with E-state index in [0.717, 1.165) is 59.5 Å². The van der Waals surface area contributed by atoms with Crippen molar-refractivity contribution in [1.82, 2.24) is 4.98 Å². The normalized spacial score (nSPS) is 12.8. The molecule has 2 rings (SSSR count). The van der Waals surface area contributed by atoms with Gasteiger partial charge in [-0.25, -0.2) is 4.98 Å². The van der Waals surface area contributed by atoms with E-state index in [1.807, 2.05) is 0 Å². The summed E-state index contributed by atoms with van der Waals surface area (Å²) in [6.45, 7) is 10.4. The third-order valence-corrected chi connectivity index (χ3v) is 4.70. The van der Waals surface area contributed by atoms with E-state index in [4.69, 9.17) is 15.0 Å². The predicted molar refractivity (Wildman–Crippen MR) is 115 cm³/mol. The fourth-order valence-electron chi connectivity index (χ4n) is 3.02. The first-order valence-electron chi connectivity index (χ1n) is 10.1. The minimum absolute atomic E-state index is 0.888. The van der Waals surface area contributed by atoms with Crippen LogP contribution in [0.15, 0.2) is 40.3 Å². The van der Waals surface area contributed by atoms with Crippen LogP contribution < -0.4 is 0 Å². The smallest absolute Gasteiger partial charge is 0.0845 e. The number of benzene rings is 1. The van der Waals surface area contributed by atoms with Gasteiger partial charge in [0.1, 0.15) is 0 Å². The van der Waals surface area contributed by atoms with Crippen molar-refractivity contribution in [1.29, 1.82) is 0 Å². The molecule has 1 aromatic heterocycles. The molecule has 3 nitrogen and oxygen atoms in total. The lowest BCUT2D eigenvalue weighted by molar-refractivity contribution is 0.728. The van der Waals surface area contributed by atoms with Crippen LogP contribution in [0.1, 0.15) is 77.5 Å². The van der Waals surface area contributed by atoms with Crippen LogP contribution in [0.25, 0.3) is 10.9 Å². The molecule has 0 N–H and O–H groups in total. The summed E-state index contributed by atoms with van der Waals surface area (Å²) in [6, 6.07) is 10.6. The Morgan fingerprint density at radius 3 is 2.12 bits per heavy atom. The van der Waals surface area contributed by atoms with Crippen molar-refractivity contribution in [3.05, 3.63) is 41.6 Å². The number of hydrogen-bond acceptors (Lipinski definition) is 3. The molecule has 2 aromatic rings. The molecular weight excluding hydrogens is 318 g/mol. The van der Waals surface area contributed by atoms with Gasteiger partial charge in [0, 0.05) is 29.8 Å². The quantitative estimate of drug-likeness (QED) is 0.369. The lowest BCUT2D eigenvalue weighted by Crippen LogP contribution is -2.04. The molecular formula is C23H33N3. The number of rotatable bonds is 10. The summed E-state index contributed by atoms with van der Waals surface area (Å²) >= 11 is 0. The summed E-state index contributed by atoms with van der Waals surface area (Å²) in [5.41, 5.74) is 5.24. The van der Waals surface area contributed by atoms with Gasteiger partial charge in [-0.15, -0.1) is 0 Å². The first-order chi connectivity index (χ1) is 12.7. The van der Waals surface area contributed by atoms with Gasteiger partial charge in [-0.05, 0) is 32.8 Å². The van der Waals surface area contributed by atoms with Crippen LogP contribution in [0, 0.1) is 0 Å². The van der Waals surface area contributed by atoms with E-state index in [9.17, 15) is 0 Å². The molecule has 0 aliphatic carbocycles. The Morgan fingerprint density at radius 2 is 1.46 bits per heavy atom. The number of nitrogens with zero attached hydrogens (tertiary/aromatic N) is 3. The monoisotopic (exact) mass is 351 g/mol. The second-order valence-electron chi connectivity index (χ2n) is 6.92. The zero-order valence-electron chi connectivity index (χ0n) is 16.9. The SMILES string of the molecule is CCCCCN=C(C)c1ccc2cccc(C(C)=NCCCCC)c2n1. The van der Waals surface area contributed by atoms with Crippen LogP contribution in [-0.4, -0.2) is 29.5 Å². The number of unbranched alkanes of at least 4 members (excludes halogenated alkanes) is 4. The van der Waals surface area contributed by atoms with Gasteiger partial charge in [0.25, 0.3) is 0 Å². The lowest BCUT2D eigenvalue weighted by Gasteiger charge is -2.08. The number of aromatic nitrogens is 1. The molecule has 0 amide bonds. The van der Waals surface area contributed by atoms with Crippen LogP contribution in [0.5, 0.6) is 0 Å². The number of fused-ring (bicyclic) bond motifs is 1. The van der Waals surface area contributed by atoms with Crippen molar-refractivity contribution in [3.63, 3.8) is 0 Å². The molecule has 140 valence electrons. The van der Waals surface area contributed by atoms with Gasteiger partial charge in [0.15, 0.2) is 0 Å². The average molecular weight is 352 g/mol. The van der Waals surface area contributed by atoms with Crippen molar-refractivity contribution in [3.8, 4) is 0 Å². The van der Waals surface area contributed by atoms with Gasteiger partial charge in [0.2, 0.25) is 0 Å². The zero-order valence-corrected chi connectivity index (χ0v) is 16.9. The summed E-state index contributed by atoms with van der Waals surface area (Å²) in [5, 5.41) is 1.16. The summed E-state index contributed by atoms with van der Waals surface area (Å²) in [7, 11) is 0. The van der Waals surface area contributed by atoms with E-state index in [1.54, 1.807) is 0 Å². The lowest BCUT2D eigenvalue weighted by atomic mass is 10.0. The molecule has 0 saturated heterocycles. The fraction of sp³-hybridized carbons (Fsp3) is 0.522. The van der Waals surface area contributed by atoms with Crippen LogP contribution in [0.3, 0.4) is 0 Å². The van der Waals surface area contributed by atoms with E-state index in [1.165, 1.54) is 25.7 Å². The summed E-state index contributed by atoms with van der Waals surface area (Å²) in [4.78, 5) is 14.4. The van der Waals surface area contributed by atoms with Gasteiger partial charge in [-0.1, -0.05) is 63.8 Å². The van der Waals surface area contributed by atoms with Crippen LogP contribution in [-0.2, 0) is 0 Å². The van der Waals surface area contributed by atoms with Crippen molar-refractivity contribution in [2.75, 3.05) is 13.1 Å². The van der Waals surface area contributed by atoms with Crippen molar-refractivity contribution < 1.29 is 0 Å². The number of hydrogen-bond donors (Lipinski definition) is 0. The number of para-hydroxylation sites is 1. The highest BCUT2D eigenvalue weighted by molar-refractivity contribution is 6.09. The molecule has 3 heteroatoms. The third-order valence-electron chi connectivity index (χ3n) is 4.70. The Kier molecular flexibility index (Phi) is 8.46. The van der Waals surface area contributed by atoms with Gasteiger partial charge in [0.05, 0.1) is 16.9 Å². The number of aliphatic imine (C=N–C) groups is 2.